The Balaban J connectivity index is 1.84. The standard InChI is InChI=1S/C14H14F3N3OS/c15-14(16,17)21-11-5-3-10(4-6-11)20-13(18)19-8-7-12-2-1-9-22-12/h1-6,9H,7-8H2,(H3,18,19,20). The molecule has 1 aromatic carbocycles. The third-order valence-corrected chi connectivity index (χ3v) is 3.52. The Morgan fingerprint density at radius 3 is 2.55 bits per heavy atom. The first-order valence-corrected chi connectivity index (χ1v) is 7.25. The van der Waals surface area contributed by atoms with E-state index in [0.717, 1.165) is 6.42 Å². The Labute approximate surface area is 129 Å². The molecule has 22 heavy (non-hydrogen) atoms. The maximum atomic E-state index is 12.0. The van der Waals surface area contributed by atoms with Gasteiger partial charge in [-0.05, 0) is 35.7 Å². The van der Waals surface area contributed by atoms with Crippen molar-refractivity contribution in [3.05, 3.63) is 46.7 Å². The van der Waals surface area contributed by atoms with Crippen molar-refractivity contribution in [2.24, 2.45) is 10.7 Å². The molecule has 0 saturated heterocycles. The van der Waals surface area contributed by atoms with E-state index in [9.17, 15) is 13.2 Å². The highest BCUT2D eigenvalue weighted by molar-refractivity contribution is 7.09. The van der Waals surface area contributed by atoms with Crippen LogP contribution in [0.3, 0.4) is 0 Å². The van der Waals surface area contributed by atoms with Gasteiger partial charge in [-0.2, -0.15) is 0 Å². The second-order valence-corrected chi connectivity index (χ2v) is 5.33. The third-order valence-electron chi connectivity index (χ3n) is 2.58. The number of halogens is 3. The van der Waals surface area contributed by atoms with Gasteiger partial charge in [-0.3, -0.25) is 4.99 Å². The first kappa shape index (κ1) is 16.2. The Hall–Kier alpha value is -2.22. The van der Waals surface area contributed by atoms with Gasteiger partial charge in [-0.25, -0.2) is 0 Å². The number of hydrogen-bond donors (Lipinski definition) is 2. The molecule has 0 bridgehead atoms. The third kappa shape index (κ3) is 5.65. The molecule has 118 valence electrons. The number of hydrogen-bond acceptors (Lipinski definition) is 3. The Bertz CT molecular complexity index is 609. The highest BCUT2D eigenvalue weighted by atomic mass is 32.1. The lowest BCUT2D eigenvalue weighted by molar-refractivity contribution is -0.274. The number of aliphatic imine (C=N–C) groups is 1. The molecule has 1 aromatic heterocycles. The van der Waals surface area contributed by atoms with Crippen LogP contribution in [0.5, 0.6) is 5.75 Å². The highest BCUT2D eigenvalue weighted by Crippen LogP contribution is 2.23. The topological polar surface area (TPSA) is 59.6 Å². The van der Waals surface area contributed by atoms with Crippen LogP contribution in [0, 0.1) is 0 Å². The van der Waals surface area contributed by atoms with Crippen molar-refractivity contribution in [2.45, 2.75) is 12.8 Å². The molecule has 0 spiro atoms. The second-order valence-electron chi connectivity index (χ2n) is 4.29. The molecule has 0 amide bonds. The summed E-state index contributed by atoms with van der Waals surface area (Å²) < 4.78 is 39.9. The molecule has 1 heterocycles. The molecule has 0 aliphatic heterocycles. The van der Waals surface area contributed by atoms with Crippen LogP contribution in [0.4, 0.5) is 18.9 Å². The molecular weight excluding hydrogens is 315 g/mol. The van der Waals surface area contributed by atoms with Crippen LogP contribution in [0.1, 0.15) is 4.88 Å². The SMILES string of the molecule is NC(=NCCc1cccs1)Nc1ccc(OC(F)(F)F)cc1. The van der Waals surface area contributed by atoms with Gasteiger partial charge in [0.25, 0.3) is 0 Å². The molecule has 8 heteroatoms. The van der Waals surface area contributed by atoms with Crippen molar-refractivity contribution in [1.82, 2.24) is 0 Å². The Kier molecular flexibility index (Phi) is 5.26. The summed E-state index contributed by atoms with van der Waals surface area (Å²) in [6.07, 6.45) is -3.91. The molecule has 3 N–H and O–H groups in total. The van der Waals surface area contributed by atoms with Crippen LogP contribution >= 0.6 is 11.3 Å². The minimum absolute atomic E-state index is 0.209. The largest absolute Gasteiger partial charge is 0.573 e. The lowest BCUT2D eigenvalue weighted by atomic mass is 10.3. The predicted molar refractivity (Wildman–Crippen MR) is 81.3 cm³/mol. The minimum atomic E-state index is -4.70. The monoisotopic (exact) mass is 329 g/mol. The van der Waals surface area contributed by atoms with E-state index in [1.807, 2.05) is 17.5 Å². The van der Waals surface area contributed by atoms with Gasteiger partial charge in [0, 0.05) is 23.5 Å². The molecule has 2 aromatic rings. The predicted octanol–water partition coefficient (Wildman–Crippen LogP) is 3.62. The summed E-state index contributed by atoms with van der Waals surface area (Å²) in [6.45, 7) is 0.536. The lowest BCUT2D eigenvalue weighted by Crippen LogP contribution is -2.23. The number of thiophene rings is 1. The Morgan fingerprint density at radius 2 is 1.95 bits per heavy atom. The fourth-order valence-electron chi connectivity index (χ4n) is 1.67. The van der Waals surface area contributed by atoms with E-state index in [-0.39, 0.29) is 11.7 Å². The maximum absolute atomic E-state index is 12.0. The first-order chi connectivity index (χ1) is 10.4. The molecule has 0 unspecified atom stereocenters. The van der Waals surface area contributed by atoms with Gasteiger partial charge >= 0.3 is 6.36 Å². The average Bonchev–Trinajstić information content (AvgIpc) is 2.92. The summed E-state index contributed by atoms with van der Waals surface area (Å²) in [5.74, 6) is -0.0766. The Morgan fingerprint density at radius 1 is 1.23 bits per heavy atom. The van der Waals surface area contributed by atoms with E-state index in [4.69, 9.17) is 5.73 Å². The van der Waals surface area contributed by atoms with Crippen LogP contribution in [0.2, 0.25) is 0 Å². The zero-order chi connectivity index (χ0) is 16.0. The van der Waals surface area contributed by atoms with Crippen LogP contribution in [0.25, 0.3) is 0 Å². The smallest absolute Gasteiger partial charge is 0.406 e. The maximum Gasteiger partial charge on any atom is 0.573 e. The first-order valence-electron chi connectivity index (χ1n) is 6.37. The number of rotatable bonds is 5. The van der Waals surface area contributed by atoms with Crippen molar-refractivity contribution in [2.75, 3.05) is 11.9 Å². The summed E-state index contributed by atoms with van der Waals surface area (Å²) in [7, 11) is 0. The lowest BCUT2D eigenvalue weighted by Gasteiger charge is -2.10. The molecule has 0 saturated carbocycles. The van der Waals surface area contributed by atoms with Gasteiger partial charge in [0.15, 0.2) is 5.96 Å². The van der Waals surface area contributed by atoms with Crippen LogP contribution in [-0.2, 0) is 6.42 Å². The van der Waals surface area contributed by atoms with Gasteiger partial charge in [0.1, 0.15) is 5.75 Å². The number of guanidine groups is 1. The average molecular weight is 329 g/mol. The summed E-state index contributed by atoms with van der Waals surface area (Å²) in [4.78, 5) is 5.37. The van der Waals surface area contributed by atoms with E-state index in [2.05, 4.69) is 15.0 Å². The number of anilines is 1. The minimum Gasteiger partial charge on any atom is -0.406 e. The summed E-state index contributed by atoms with van der Waals surface area (Å²) in [5.41, 5.74) is 6.25. The quantitative estimate of drug-likeness (QED) is 0.651. The summed E-state index contributed by atoms with van der Waals surface area (Å²) >= 11 is 1.65. The van der Waals surface area contributed by atoms with Gasteiger partial charge in [-0.15, -0.1) is 24.5 Å². The molecule has 0 aliphatic rings. The zero-order valence-corrected chi connectivity index (χ0v) is 12.2. The highest BCUT2D eigenvalue weighted by Gasteiger charge is 2.30. The summed E-state index contributed by atoms with van der Waals surface area (Å²) in [6, 6.07) is 9.26. The fraction of sp³-hybridized carbons (Fsp3) is 0.214. The van der Waals surface area contributed by atoms with Gasteiger partial charge < -0.3 is 15.8 Å². The number of alkyl halides is 3. The number of nitrogens with zero attached hydrogens (tertiary/aromatic N) is 1. The van der Waals surface area contributed by atoms with Crippen molar-refractivity contribution < 1.29 is 17.9 Å². The zero-order valence-electron chi connectivity index (χ0n) is 11.4. The molecule has 0 radical (unpaired) electrons. The van der Waals surface area contributed by atoms with Gasteiger partial charge in [-0.1, -0.05) is 6.07 Å². The molecule has 0 aliphatic carbocycles. The molecule has 0 fully saturated rings. The molecule has 2 rings (SSSR count). The molecular formula is C14H14F3N3OS. The van der Waals surface area contributed by atoms with E-state index in [1.54, 1.807) is 11.3 Å². The van der Waals surface area contributed by atoms with Gasteiger partial charge in [0.05, 0.1) is 0 Å². The summed E-state index contributed by atoms with van der Waals surface area (Å²) in [5, 5.41) is 4.80. The van der Waals surface area contributed by atoms with E-state index in [0.29, 0.717) is 12.2 Å². The number of benzene rings is 1. The number of nitrogens with one attached hydrogen (secondary N) is 1. The normalized spacial score (nSPS) is 12.2. The van der Waals surface area contributed by atoms with Crippen LogP contribution in [-0.4, -0.2) is 18.9 Å². The van der Waals surface area contributed by atoms with Crippen molar-refractivity contribution in [1.29, 1.82) is 0 Å². The van der Waals surface area contributed by atoms with Crippen molar-refractivity contribution >= 4 is 23.0 Å². The van der Waals surface area contributed by atoms with E-state index < -0.39 is 6.36 Å². The van der Waals surface area contributed by atoms with E-state index >= 15 is 0 Å². The van der Waals surface area contributed by atoms with Crippen LogP contribution < -0.4 is 15.8 Å². The van der Waals surface area contributed by atoms with Crippen molar-refractivity contribution in [3.63, 3.8) is 0 Å². The van der Waals surface area contributed by atoms with Crippen LogP contribution in [0.15, 0.2) is 46.8 Å². The number of nitrogens with two attached hydrogens (primary N) is 1. The fourth-order valence-corrected chi connectivity index (χ4v) is 2.37. The van der Waals surface area contributed by atoms with E-state index in [1.165, 1.54) is 29.1 Å². The molecule has 0 atom stereocenters. The van der Waals surface area contributed by atoms with Crippen molar-refractivity contribution in [3.8, 4) is 5.75 Å². The molecule has 4 nitrogen and oxygen atoms in total. The second kappa shape index (κ2) is 7.17. The number of ether oxygens (including phenoxy) is 1. The van der Waals surface area contributed by atoms with Gasteiger partial charge in [0.2, 0.25) is 0 Å².